The molecule has 0 aliphatic rings. The molecular weight excluding hydrogens is 184 g/mol. The Hall–Kier alpha value is -1.78. The van der Waals surface area contributed by atoms with E-state index in [1.54, 1.807) is 6.92 Å². The first-order valence-electron chi connectivity index (χ1n) is 4.16. The van der Waals surface area contributed by atoms with Crippen LogP contribution in [0.4, 0.5) is 0 Å². The quantitative estimate of drug-likeness (QED) is 0.709. The number of primary amides is 1. The normalized spacial score (nSPS) is 12.1. The molecule has 0 unspecified atom stereocenters. The maximum atomic E-state index is 11.3. The van der Waals surface area contributed by atoms with Gasteiger partial charge in [-0.2, -0.15) is 0 Å². The van der Waals surface area contributed by atoms with Crippen LogP contribution in [0.5, 0.6) is 5.75 Å². The lowest BCUT2D eigenvalue weighted by Gasteiger charge is -2.11. The zero-order valence-electron chi connectivity index (χ0n) is 8.03. The van der Waals surface area contributed by atoms with Crippen LogP contribution in [0.2, 0.25) is 0 Å². The van der Waals surface area contributed by atoms with Crippen molar-refractivity contribution in [2.24, 2.45) is 5.73 Å². The van der Waals surface area contributed by atoms with Crippen molar-refractivity contribution in [2.45, 2.75) is 20.0 Å². The van der Waals surface area contributed by atoms with Gasteiger partial charge in [-0.3, -0.25) is 9.59 Å². The number of aromatic nitrogens is 1. The highest BCUT2D eigenvalue weighted by Crippen LogP contribution is 2.09. The monoisotopic (exact) mass is 196 g/mol. The van der Waals surface area contributed by atoms with Crippen LogP contribution in [-0.4, -0.2) is 17.0 Å². The van der Waals surface area contributed by atoms with E-state index < -0.39 is 12.0 Å². The predicted octanol–water partition coefficient (Wildman–Crippen LogP) is -0.0641. The summed E-state index contributed by atoms with van der Waals surface area (Å²) in [5.74, 6) is -0.466. The molecule has 0 fully saturated rings. The smallest absolute Gasteiger partial charge is 0.258 e. The van der Waals surface area contributed by atoms with Crippen molar-refractivity contribution >= 4 is 5.91 Å². The standard InChI is InChI=1S/C9H12N2O3/c1-5-8(7(12)3-4-11-5)14-6(2)9(10)13/h3-4,6H,1-2H3,(H2,10,13)(H,11,12)/t6-/m0/s1. The number of ether oxygens (including phenoxy) is 1. The summed E-state index contributed by atoms with van der Waals surface area (Å²) in [5.41, 5.74) is 5.31. The lowest BCUT2D eigenvalue weighted by Crippen LogP contribution is -2.32. The minimum absolute atomic E-state index is 0.138. The average molecular weight is 196 g/mol. The molecule has 0 bridgehead atoms. The minimum atomic E-state index is -0.808. The predicted molar refractivity (Wildman–Crippen MR) is 51.1 cm³/mol. The molecule has 1 aromatic heterocycles. The van der Waals surface area contributed by atoms with Gasteiger partial charge in [0.1, 0.15) is 0 Å². The van der Waals surface area contributed by atoms with E-state index in [0.29, 0.717) is 5.69 Å². The highest BCUT2D eigenvalue weighted by atomic mass is 16.5. The van der Waals surface area contributed by atoms with E-state index in [1.807, 2.05) is 0 Å². The zero-order chi connectivity index (χ0) is 10.7. The number of carbonyl (C=O) groups is 1. The van der Waals surface area contributed by atoms with Gasteiger partial charge < -0.3 is 15.5 Å². The van der Waals surface area contributed by atoms with E-state index in [2.05, 4.69) is 4.98 Å². The number of rotatable bonds is 3. The first kappa shape index (κ1) is 10.3. The van der Waals surface area contributed by atoms with Crippen LogP contribution in [0.3, 0.4) is 0 Å². The molecule has 1 atom stereocenters. The van der Waals surface area contributed by atoms with Gasteiger partial charge in [0, 0.05) is 12.3 Å². The largest absolute Gasteiger partial charge is 0.475 e. The second-order valence-corrected chi connectivity index (χ2v) is 2.96. The fourth-order valence-corrected chi connectivity index (χ4v) is 0.950. The minimum Gasteiger partial charge on any atom is -0.475 e. The summed E-state index contributed by atoms with van der Waals surface area (Å²) in [6.07, 6.45) is 0.705. The number of amides is 1. The molecule has 0 spiro atoms. The van der Waals surface area contributed by atoms with Gasteiger partial charge in [-0.15, -0.1) is 0 Å². The third-order valence-electron chi connectivity index (χ3n) is 1.79. The molecule has 5 nitrogen and oxygen atoms in total. The fraction of sp³-hybridized carbons (Fsp3) is 0.333. The number of nitrogens with one attached hydrogen (secondary N) is 1. The number of nitrogens with two attached hydrogens (primary N) is 1. The van der Waals surface area contributed by atoms with E-state index in [0.717, 1.165) is 0 Å². The van der Waals surface area contributed by atoms with Gasteiger partial charge in [0.2, 0.25) is 5.43 Å². The molecule has 1 aromatic rings. The van der Waals surface area contributed by atoms with Gasteiger partial charge in [-0.05, 0) is 13.8 Å². The van der Waals surface area contributed by atoms with E-state index in [9.17, 15) is 9.59 Å². The molecule has 5 heteroatoms. The molecule has 0 aliphatic carbocycles. The maximum absolute atomic E-state index is 11.3. The second-order valence-electron chi connectivity index (χ2n) is 2.96. The molecule has 3 N–H and O–H groups in total. The van der Waals surface area contributed by atoms with Crippen molar-refractivity contribution in [1.82, 2.24) is 4.98 Å². The molecule has 0 radical (unpaired) electrons. The maximum Gasteiger partial charge on any atom is 0.258 e. The third-order valence-corrected chi connectivity index (χ3v) is 1.79. The Kier molecular flexibility index (Phi) is 2.91. The first-order valence-corrected chi connectivity index (χ1v) is 4.16. The molecule has 1 amide bonds. The van der Waals surface area contributed by atoms with Crippen molar-refractivity contribution in [3.05, 3.63) is 28.2 Å². The Morgan fingerprint density at radius 1 is 1.64 bits per heavy atom. The molecule has 76 valence electrons. The topological polar surface area (TPSA) is 85.2 Å². The molecule has 14 heavy (non-hydrogen) atoms. The van der Waals surface area contributed by atoms with Gasteiger partial charge in [0.05, 0.1) is 5.69 Å². The van der Waals surface area contributed by atoms with Crippen LogP contribution in [0.25, 0.3) is 0 Å². The van der Waals surface area contributed by atoms with E-state index >= 15 is 0 Å². The summed E-state index contributed by atoms with van der Waals surface area (Å²) in [6.45, 7) is 3.18. The van der Waals surface area contributed by atoms with E-state index in [1.165, 1.54) is 19.2 Å². The number of aromatic amines is 1. The van der Waals surface area contributed by atoms with Gasteiger partial charge in [0.15, 0.2) is 11.9 Å². The van der Waals surface area contributed by atoms with Crippen molar-refractivity contribution in [1.29, 1.82) is 0 Å². The van der Waals surface area contributed by atoms with Crippen LogP contribution in [0, 0.1) is 6.92 Å². The molecule has 1 rings (SSSR count). The number of hydrogen-bond donors (Lipinski definition) is 2. The summed E-state index contributed by atoms with van der Waals surface area (Å²) in [6, 6.07) is 1.33. The third kappa shape index (κ3) is 2.12. The van der Waals surface area contributed by atoms with Gasteiger partial charge in [0.25, 0.3) is 5.91 Å². The molecule has 1 heterocycles. The highest BCUT2D eigenvalue weighted by molar-refractivity contribution is 5.78. The van der Waals surface area contributed by atoms with Crippen LogP contribution >= 0.6 is 0 Å². The summed E-state index contributed by atoms with van der Waals surface area (Å²) < 4.78 is 5.12. The van der Waals surface area contributed by atoms with Crippen LogP contribution < -0.4 is 15.9 Å². The van der Waals surface area contributed by atoms with Gasteiger partial charge in [-0.1, -0.05) is 0 Å². The molecule has 0 aromatic carbocycles. The molecule has 0 saturated heterocycles. The Balaban J connectivity index is 2.97. The summed E-state index contributed by atoms with van der Waals surface area (Å²) >= 11 is 0. The number of H-pyrrole nitrogens is 1. The number of pyridine rings is 1. The second kappa shape index (κ2) is 3.95. The van der Waals surface area contributed by atoms with E-state index in [4.69, 9.17) is 10.5 Å². The lowest BCUT2D eigenvalue weighted by atomic mass is 10.3. The molecule has 0 saturated carbocycles. The SMILES string of the molecule is Cc1[nH]ccc(=O)c1O[C@@H](C)C(N)=O. The van der Waals surface area contributed by atoms with Crippen molar-refractivity contribution in [3.63, 3.8) is 0 Å². The Labute approximate surface area is 80.9 Å². The molecular formula is C9H12N2O3. The van der Waals surface area contributed by atoms with Crippen molar-refractivity contribution < 1.29 is 9.53 Å². The Morgan fingerprint density at radius 2 is 2.29 bits per heavy atom. The Bertz CT molecular complexity index is 397. The summed E-state index contributed by atoms with van der Waals surface area (Å²) in [4.78, 5) is 24.8. The van der Waals surface area contributed by atoms with Crippen molar-refractivity contribution in [2.75, 3.05) is 0 Å². The van der Waals surface area contributed by atoms with E-state index in [-0.39, 0.29) is 11.2 Å². The number of carbonyl (C=O) groups excluding carboxylic acids is 1. The van der Waals surface area contributed by atoms with Crippen LogP contribution in [0.1, 0.15) is 12.6 Å². The molecule has 0 aliphatic heterocycles. The summed E-state index contributed by atoms with van der Waals surface area (Å²) in [5, 5.41) is 0. The highest BCUT2D eigenvalue weighted by Gasteiger charge is 2.13. The lowest BCUT2D eigenvalue weighted by molar-refractivity contribution is -0.124. The summed E-state index contributed by atoms with van der Waals surface area (Å²) in [7, 11) is 0. The fourth-order valence-electron chi connectivity index (χ4n) is 0.950. The average Bonchev–Trinajstić information content (AvgIpc) is 2.11. The van der Waals surface area contributed by atoms with Crippen LogP contribution in [-0.2, 0) is 4.79 Å². The number of hydrogen-bond acceptors (Lipinski definition) is 3. The number of aryl methyl sites for hydroxylation is 1. The van der Waals surface area contributed by atoms with Crippen LogP contribution in [0.15, 0.2) is 17.1 Å². The first-order chi connectivity index (χ1) is 6.52. The van der Waals surface area contributed by atoms with Gasteiger partial charge >= 0.3 is 0 Å². The Morgan fingerprint density at radius 3 is 2.79 bits per heavy atom. The van der Waals surface area contributed by atoms with Gasteiger partial charge in [-0.25, -0.2) is 0 Å². The van der Waals surface area contributed by atoms with Crippen molar-refractivity contribution in [3.8, 4) is 5.75 Å². The zero-order valence-corrected chi connectivity index (χ0v) is 8.03.